The average Bonchev–Trinajstić information content (AvgIpc) is 2.83. The maximum atomic E-state index is 12.0. The van der Waals surface area contributed by atoms with E-state index < -0.39 is 0 Å². The summed E-state index contributed by atoms with van der Waals surface area (Å²) < 4.78 is 0. The van der Waals surface area contributed by atoms with Crippen LogP contribution in [0.1, 0.15) is 85.5 Å². The summed E-state index contributed by atoms with van der Waals surface area (Å²) >= 11 is 0. The number of Topliss-reactive ketones (excluding diaryl/α,β-unsaturated/α-hetero) is 1. The lowest BCUT2D eigenvalue weighted by atomic mass is 9.40. The number of fused-ring (bicyclic) bond motifs is 5. The Balaban J connectivity index is 1.64. The van der Waals surface area contributed by atoms with Crippen LogP contribution in [0.3, 0.4) is 0 Å². The number of hydrogen-bond acceptors (Lipinski definition) is 2. The second kappa shape index (κ2) is 5.32. The molecule has 4 rings (SSSR count). The SMILES string of the molecule is CC(=O)[C@@H]1CC[C@]2(C)[C@H]3CC[C@]4(C)[C@@H](O)CC[C@H]4[C@@H]3CC[C@@]2(C)C1. The van der Waals surface area contributed by atoms with Gasteiger partial charge in [-0.05, 0) is 98.7 Å². The first kappa shape index (κ1) is 17.1. The van der Waals surface area contributed by atoms with Gasteiger partial charge in [0.2, 0.25) is 0 Å². The molecular formula is C22H36O2. The number of ketones is 1. The van der Waals surface area contributed by atoms with Crippen LogP contribution in [-0.2, 0) is 4.79 Å². The highest BCUT2D eigenvalue weighted by atomic mass is 16.3. The zero-order valence-corrected chi connectivity index (χ0v) is 16.1. The molecule has 4 aliphatic carbocycles. The minimum atomic E-state index is -0.0713. The molecule has 0 unspecified atom stereocenters. The maximum Gasteiger partial charge on any atom is 0.132 e. The first-order valence-electron chi connectivity index (χ1n) is 10.4. The van der Waals surface area contributed by atoms with Gasteiger partial charge in [-0.15, -0.1) is 0 Å². The molecule has 1 N–H and O–H groups in total. The summed E-state index contributed by atoms with van der Waals surface area (Å²) in [6.45, 7) is 9.23. The van der Waals surface area contributed by atoms with Gasteiger partial charge in [0.1, 0.15) is 5.78 Å². The number of aliphatic hydroxyl groups excluding tert-OH is 1. The van der Waals surface area contributed by atoms with Gasteiger partial charge in [-0.25, -0.2) is 0 Å². The number of hydrogen-bond donors (Lipinski definition) is 1. The minimum absolute atomic E-state index is 0.0713. The molecule has 0 radical (unpaired) electrons. The lowest BCUT2D eigenvalue weighted by molar-refractivity contribution is -0.168. The summed E-state index contributed by atoms with van der Waals surface area (Å²) in [7, 11) is 0. The largest absolute Gasteiger partial charge is 0.393 e. The van der Waals surface area contributed by atoms with Crippen LogP contribution in [0, 0.1) is 39.9 Å². The molecule has 0 spiro atoms. The molecular weight excluding hydrogens is 296 g/mol. The number of carbonyl (C=O) groups excluding carboxylic acids is 1. The quantitative estimate of drug-likeness (QED) is 0.735. The van der Waals surface area contributed by atoms with Crippen molar-refractivity contribution in [1.82, 2.24) is 0 Å². The first-order valence-corrected chi connectivity index (χ1v) is 10.4. The molecule has 4 saturated carbocycles. The fourth-order valence-electron chi connectivity index (χ4n) is 7.96. The zero-order valence-electron chi connectivity index (χ0n) is 16.1. The Kier molecular flexibility index (Phi) is 3.78. The molecule has 136 valence electrons. The molecule has 24 heavy (non-hydrogen) atoms. The monoisotopic (exact) mass is 332 g/mol. The van der Waals surface area contributed by atoms with E-state index >= 15 is 0 Å². The van der Waals surface area contributed by atoms with Gasteiger partial charge in [-0.3, -0.25) is 4.79 Å². The molecule has 0 aliphatic heterocycles. The van der Waals surface area contributed by atoms with Crippen molar-refractivity contribution in [3.8, 4) is 0 Å². The van der Waals surface area contributed by atoms with Crippen LogP contribution in [0.25, 0.3) is 0 Å². The molecule has 0 aromatic heterocycles. The fraction of sp³-hybridized carbons (Fsp3) is 0.955. The van der Waals surface area contributed by atoms with Gasteiger partial charge in [0, 0.05) is 5.92 Å². The standard InChI is InChI=1S/C22H36O2/c1-14(23)15-7-12-22(4)18-9-11-21(3)17(5-6-19(21)24)16(18)8-10-20(22,2)13-15/h15-19,24H,5-13H2,1-4H3/t15-,16+,17+,18+,19+,20+,21+,22-/m1/s1. The van der Waals surface area contributed by atoms with E-state index in [-0.39, 0.29) is 11.5 Å². The van der Waals surface area contributed by atoms with Crippen LogP contribution >= 0.6 is 0 Å². The molecule has 0 bridgehead atoms. The van der Waals surface area contributed by atoms with Crippen molar-refractivity contribution in [2.45, 2.75) is 91.6 Å². The Morgan fingerprint density at radius 2 is 1.67 bits per heavy atom. The number of aliphatic hydroxyl groups is 1. The minimum Gasteiger partial charge on any atom is -0.393 e. The lowest BCUT2D eigenvalue weighted by Gasteiger charge is -2.65. The molecule has 8 atom stereocenters. The molecule has 0 amide bonds. The van der Waals surface area contributed by atoms with E-state index in [0.717, 1.165) is 37.0 Å². The van der Waals surface area contributed by atoms with Gasteiger partial charge in [0.25, 0.3) is 0 Å². The van der Waals surface area contributed by atoms with E-state index in [1.54, 1.807) is 6.92 Å². The smallest absolute Gasteiger partial charge is 0.132 e. The van der Waals surface area contributed by atoms with Crippen LogP contribution < -0.4 is 0 Å². The molecule has 0 aromatic carbocycles. The van der Waals surface area contributed by atoms with Gasteiger partial charge >= 0.3 is 0 Å². The van der Waals surface area contributed by atoms with E-state index in [9.17, 15) is 9.90 Å². The van der Waals surface area contributed by atoms with Crippen molar-refractivity contribution >= 4 is 5.78 Å². The predicted octanol–water partition coefficient (Wildman–Crippen LogP) is 4.99. The topological polar surface area (TPSA) is 37.3 Å². The van der Waals surface area contributed by atoms with Gasteiger partial charge in [0.05, 0.1) is 6.10 Å². The van der Waals surface area contributed by atoms with Crippen molar-refractivity contribution in [3.05, 3.63) is 0 Å². The third kappa shape index (κ3) is 2.07. The van der Waals surface area contributed by atoms with Crippen molar-refractivity contribution in [2.24, 2.45) is 39.9 Å². The van der Waals surface area contributed by atoms with E-state index in [2.05, 4.69) is 20.8 Å². The van der Waals surface area contributed by atoms with E-state index in [1.165, 1.54) is 38.5 Å². The molecule has 0 saturated heterocycles. The normalized spacial score (nSPS) is 57.0. The maximum absolute atomic E-state index is 12.0. The van der Waals surface area contributed by atoms with E-state index in [1.807, 2.05) is 0 Å². The van der Waals surface area contributed by atoms with Crippen molar-refractivity contribution in [3.63, 3.8) is 0 Å². The molecule has 0 heterocycles. The fourth-order valence-corrected chi connectivity index (χ4v) is 7.96. The van der Waals surface area contributed by atoms with Crippen molar-refractivity contribution < 1.29 is 9.90 Å². The summed E-state index contributed by atoms with van der Waals surface area (Å²) in [5.41, 5.74) is 0.923. The third-order valence-electron chi connectivity index (χ3n) is 9.90. The van der Waals surface area contributed by atoms with Gasteiger partial charge in [0.15, 0.2) is 0 Å². The summed E-state index contributed by atoms with van der Waals surface area (Å²) in [6, 6.07) is 0. The van der Waals surface area contributed by atoms with E-state index in [4.69, 9.17) is 0 Å². The molecule has 0 aromatic rings. The summed E-state index contributed by atoms with van der Waals surface area (Å²) in [5, 5.41) is 10.6. The third-order valence-corrected chi connectivity index (χ3v) is 9.90. The first-order chi connectivity index (χ1) is 11.2. The van der Waals surface area contributed by atoms with Crippen molar-refractivity contribution in [1.29, 1.82) is 0 Å². The highest BCUT2D eigenvalue weighted by Gasteiger charge is 2.63. The number of rotatable bonds is 1. The molecule has 4 aliphatic rings. The summed E-state index contributed by atoms with van der Waals surface area (Å²) in [5.74, 6) is 3.08. The summed E-state index contributed by atoms with van der Waals surface area (Å²) in [6.07, 6.45) is 10.8. The van der Waals surface area contributed by atoms with Crippen molar-refractivity contribution in [2.75, 3.05) is 0 Å². The Morgan fingerprint density at radius 1 is 0.917 bits per heavy atom. The molecule has 2 heteroatoms. The Hall–Kier alpha value is -0.370. The van der Waals surface area contributed by atoms with Gasteiger partial charge in [-0.2, -0.15) is 0 Å². The average molecular weight is 333 g/mol. The molecule has 4 fully saturated rings. The second-order valence-corrected chi connectivity index (χ2v) is 10.6. The lowest BCUT2D eigenvalue weighted by Crippen LogP contribution is -2.58. The zero-order chi connectivity index (χ0) is 17.3. The Bertz CT molecular complexity index is 542. The van der Waals surface area contributed by atoms with Gasteiger partial charge in [-0.1, -0.05) is 20.8 Å². The summed E-state index contributed by atoms with van der Waals surface area (Å²) in [4.78, 5) is 12.0. The van der Waals surface area contributed by atoms with Crippen LogP contribution in [0.4, 0.5) is 0 Å². The second-order valence-electron chi connectivity index (χ2n) is 10.6. The Labute approximate surface area is 147 Å². The predicted molar refractivity (Wildman–Crippen MR) is 96.5 cm³/mol. The number of carbonyl (C=O) groups is 1. The van der Waals surface area contributed by atoms with Crippen LogP contribution in [0.2, 0.25) is 0 Å². The van der Waals surface area contributed by atoms with Crippen LogP contribution in [-0.4, -0.2) is 17.0 Å². The van der Waals surface area contributed by atoms with Crippen LogP contribution in [0.15, 0.2) is 0 Å². The highest BCUT2D eigenvalue weighted by molar-refractivity contribution is 5.78. The van der Waals surface area contributed by atoms with Gasteiger partial charge < -0.3 is 5.11 Å². The Morgan fingerprint density at radius 3 is 2.38 bits per heavy atom. The van der Waals surface area contributed by atoms with E-state index in [0.29, 0.717) is 22.5 Å². The molecule has 2 nitrogen and oxygen atoms in total. The highest BCUT2D eigenvalue weighted by Crippen LogP contribution is 2.70. The van der Waals surface area contributed by atoms with Crippen LogP contribution in [0.5, 0.6) is 0 Å².